The maximum atomic E-state index is 5.66. The summed E-state index contributed by atoms with van der Waals surface area (Å²) < 4.78 is 5.66. The zero-order valence-electron chi connectivity index (χ0n) is 7.10. The minimum absolute atomic E-state index is 0.544. The summed E-state index contributed by atoms with van der Waals surface area (Å²) in [5.74, 6) is 0.707. The van der Waals surface area contributed by atoms with E-state index in [-0.39, 0.29) is 0 Å². The maximum absolute atomic E-state index is 5.66. The summed E-state index contributed by atoms with van der Waals surface area (Å²) in [7, 11) is 0. The average molecular weight is 142 g/mol. The Labute approximate surface area is 63.8 Å². The van der Waals surface area contributed by atoms with Crippen molar-refractivity contribution < 1.29 is 4.74 Å². The molecular weight excluding hydrogens is 124 g/mol. The van der Waals surface area contributed by atoms with Crippen molar-refractivity contribution in [1.29, 1.82) is 0 Å². The van der Waals surface area contributed by atoms with E-state index in [2.05, 4.69) is 13.8 Å². The van der Waals surface area contributed by atoms with Crippen LogP contribution in [0.4, 0.5) is 0 Å². The normalized spacial score (nSPS) is 28.5. The number of ether oxygens (including phenoxy) is 1. The van der Waals surface area contributed by atoms with Crippen LogP contribution in [0.3, 0.4) is 0 Å². The lowest BCUT2D eigenvalue weighted by molar-refractivity contribution is 0.0273. The Morgan fingerprint density at radius 1 is 1.20 bits per heavy atom. The van der Waals surface area contributed by atoms with Crippen LogP contribution in [0.5, 0.6) is 0 Å². The van der Waals surface area contributed by atoms with E-state index in [4.69, 9.17) is 4.74 Å². The van der Waals surface area contributed by atoms with Gasteiger partial charge in [0, 0.05) is 6.61 Å². The predicted octanol–water partition coefficient (Wildman–Crippen LogP) is 2.60. The van der Waals surface area contributed by atoms with Crippen LogP contribution in [0.1, 0.15) is 39.5 Å². The van der Waals surface area contributed by atoms with Crippen LogP contribution in [0.25, 0.3) is 0 Å². The van der Waals surface area contributed by atoms with Gasteiger partial charge in [0.15, 0.2) is 0 Å². The van der Waals surface area contributed by atoms with Crippen molar-refractivity contribution in [3.63, 3.8) is 0 Å². The van der Waals surface area contributed by atoms with Gasteiger partial charge < -0.3 is 4.74 Å². The highest BCUT2D eigenvalue weighted by molar-refractivity contribution is 4.65. The van der Waals surface area contributed by atoms with Gasteiger partial charge in [-0.2, -0.15) is 0 Å². The summed E-state index contributed by atoms with van der Waals surface area (Å²) in [6, 6.07) is 0. The Balaban J connectivity index is 2.28. The van der Waals surface area contributed by atoms with Gasteiger partial charge in [0.25, 0.3) is 0 Å². The second-order valence-corrected chi connectivity index (χ2v) is 3.50. The lowest BCUT2D eigenvalue weighted by Crippen LogP contribution is -2.18. The molecule has 0 bridgehead atoms. The van der Waals surface area contributed by atoms with E-state index in [1.165, 1.54) is 25.7 Å². The Kier molecular flexibility index (Phi) is 3.20. The molecule has 10 heavy (non-hydrogen) atoms. The molecule has 1 heterocycles. The molecule has 0 N–H and O–H groups in total. The Morgan fingerprint density at radius 2 is 2.00 bits per heavy atom. The van der Waals surface area contributed by atoms with E-state index < -0.39 is 0 Å². The van der Waals surface area contributed by atoms with Crippen LogP contribution in [-0.2, 0) is 4.74 Å². The third kappa shape index (κ3) is 2.30. The number of hydrogen-bond donors (Lipinski definition) is 0. The van der Waals surface area contributed by atoms with Crippen molar-refractivity contribution in [2.75, 3.05) is 6.61 Å². The smallest absolute Gasteiger partial charge is 0.0598 e. The highest BCUT2D eigenvalue weighted by Crippen LogP contribution is 2.18. The molecule has 0 aliphatic carbocycles. The third-order valence-corrected chi connectivity index (χ3v) is 2.21. The second kappa shape index (κ2) is 3.97. The first-order chi connectivity index (χ1) is 4.80. The average Bonchev–Trinajstić information content (AvgIpc) is 2.12. The zero-order valence-corrected chi connectivity index (χ0v) is 7.10. The topological polar surface area (TPSA) is 9.23 Å². The molecule has 1 aliphatic rings. The molecule has 0 amide bonds. The minimum atomic E-state index is 0.544. The van der Waals surface area contributed by atoms with E-state index in [0.717, 1.165) is 6.61 Å². The summed E-state index contributed by atoms with van der Waals surface area (Å²) in [6.07, 6.45) is 5.81. The van der Waals surface area contributed by atoms with Crippen LogP contribution < -0.4 is 0 Å². The first-order valence-corrected chi connectivity index (χ1v) is 4.42. The molecular formula is C9H18O. The van der Waals surface area contributed by atoms with Crippen molar-refractivity contribution in [3.8, 4) is 0 Å². The molecule has 1 heteroatoms. The van der Waals surface area contributed by atoms with Gasteiger partial charge >= 0.3 is 0 Å². The van der Waals surface area contributed by atoms with Crippen molar-refractivity contribution in [2.45, 2.75) is 45.6 Å². The van der Waals surface area contributed by atoms with Crippen LogP contribution in [0.2, 0.25) is 0 Å². The molecule has 0 aromatic heterocycles. The molecule has 0 saturated carbocycles. The lowest BCUT2D eigenvalue weighted by atomic mass is 10.0. The molecule has 0 aromatic carbocycles. The SMILES string of the molecule is CC(C)C1CCCCCO1. The zero-order chi connectivity index (χ0) is 7.40. The van der Waals surface area contributed by atoms with Gasteiger partial charge in [0.1, 0.15) is 0 Å². The lowest BCUT2D eigenvalue weighted by Gasteiger charge is -2.18. The molecule has 1 rings (SSSR count). The van der Waals surface area contributed by atoms with Gasteiger partial charge in [-0.25, -0.2) is 0 Å². The van der Waals surface area contributed by atoms with E-state index in [0.29, 0.717) is 12.0 Å². The molecule has 1 aliphatic heterocycles. The predicted molar refractivity (Wildman–Crippen MR) is 43.0 cm³/mol. The molecule has 0 aromatic rings. The van der Waals surface area contributed by atoms with Crippen molar-refractivity contribution in [3.05, 3.63) is 0 Å². The van der Waals surface area contributed by atoms with Gasteiger partial charge in [-0.15, -0.1) is 0 Å². The van der Waals surface area contributed by atoms with Gasteiger partial charge in [0.05, 0.1) is 6.10 Å². The quantitative estimate of drug-likeness (QED) is 0.547. The minimum Gasteiger partial charge on any atom is -0.378 e. The largest absolute Gasteiger partial charge is 0.378 e. The van der Waals surface area contributed by atoms with E-state index in [1.54, 1.807) is 0 Å². The van der Waals surface area contributed by atoms with E-state index in [1.807, 2.05) is 0 Å². The molecule has 0 spiro atoms. The summed E-state index contributed by atoms with van der Waals surface area (Å²) in [5, 5.41) is 0. The third-order valence-electron chi connectivity index (χ3n) is 2.21. The van der Waals surface area contributed by atoms with E-state index >= 15 is 0 Å². The maximum Gasteiger partial charge on any atom is 0.0598 e. The highest BCUT2D eigenvalue weighted by Gasteiger charge is 2.15. The Hall–Kier alpha value is -0.0400. The van der Waals surface area contributed by atoms with Gasteiger partial charge in [0.2, 0.25) is 0 Å². The standard InChI is InChI=1S/C9H18O/c1-8(2)9-6-4-3-5-7-10-9/h8-9H,3-7H2,1-2H3. The highest BCUT2D eigenvalue weighted by atomic mass is 16.5. The molecule has 0 radical (unpaired) electrons. The van der Waals surface area contributed by atoms with Crippen LogP contribution in [0.15, 0.2) is 0 Å². The second-order valence-electron chi connectivity index (χ2n) is 3.50. The van der Waals surface area contributed by atoms with Gasteiger partial charge in [-0.05, 0) is 18.8 Å². The number of rotatable bonds is 1. The number of hydrogen-bond acceptors (Lipinski definition) is 1. The van der Waals surface area contributed by atoms with Crippen molar-refractivity contribution >= 4 is 0 Å². The molecule has 1 atom stereocenters. The van der Waals surface area contributed by atoms with Crippen molar-refractivity contribution in [1.82, 2.24) is 0 Å². The summed E-state index contributed by atoms with van der Waals surface area (Å²) >= 11 is 0. The van der Waals surface area contributed by atoms with Gasteiger partial charge in [-0.3, -0.25) is 0 Å². The summed E-state index contributed by atoms with van der Waals surface area (Å²) in [6.45, 7) is 5.48. The molecule has 60 valence electrons. The molecule has 1 unspecified atom stereocenters. The van der Waals surface area contributed by atoms with Crippen molar-refractivity contribution in [2.24, 2.45) is 5.92 Å². The van der Waals surface area contributed by atoms with Crippen LogP contribution in [-0.4, -0.2) is 12.7 Å². The fourth-order valence-electron chi connectivity index (χ4n) is 1.47. The van der Waals surface area contributed by atoms with Crippen LogP contribution >= 0.6 is 0 Å². The Morgan fingerprint density at radius 3 is 2.70 bits per heavy atom. The summed E-state index contributed by atoms with van der Waals surface area (Å²) in [4.78, 5) is 0. The first-order valence-electron chi connectivity index (χ1n) is 4.42. The molecule has 1 nitrogen and oxygen atoms in total. The first kappa shape index (κ1) is 8.06. The van der Waals surface area contributed by atoms with E-state index in [9.17, 15) is 0 Å². The fraction of sp³-hybridized carbons (Fsp3) is 1.00. The van der Waals surface area contributed by atoms with Crippen LogP contribution in [0, 0.1) is 5.92 Å². The van der Waals surface area contributed by atoms with Gasteiger partial charge in [-0.1, -0.05) is 26.7 Å². The molecule has 1 saturated heterocycles. The monoisotopic (exact) mass is 142 g/mol. The molecule has 1 fully saturated rings. The Bertz CT molecular complexity index is 80.7. The fourth-order valence-corrected chi connectivity index (χ4v) is 1.47. The summed E-state index contributed by atoms with van der Waals surface area (Å²) in [5.41, 5.74) is 0.